The van der Waals surface area contributed by atoms with E-state index < -0.39 is 0 Å². The van der Waals surface area contributed by atoms with Gasteiger partial charge in [-0.1, -0.05) is 23.7 Å². The zero-order chi connectivity index (χ0) is 18.2. The van der Waals surface area contributed by atoms with Gasteiger partial charge >= 0.3 is 0 Å². The zero-order valence-corrected chi connectivity index (χ0v) is 15.3. The van der Waals surface area contributed by atoms with Crippen molar-refractivity contribution in [3.63, 3.8) is 0 Å². The minimum absolute atomic E-state index is 0.0451. The Kier molecular flexibility index (Phi) is 7.02. The van der Waals surface area contributed by atoms with E-state index in [4.69, 9.17) is 16.3 Å². The van der Waals surface area contributed by atoms with Gasteiger partial charge in [-0.25, -0.2) is 0 Å². The maximum absolute atomic E-state index is 12.2. The predicted molar refractivity (Wildman–Crippen MR) is 99.1 cm³/mol. The zero-order valence-electron chi connectivity index (χ0n) is 14.5. The molecule has 0 saturated carbocycles. The topological polar surface area (TPSA) is 46.6 Å². The Morgan fingerprint density at radius 1 is 1.00 bits per heavy atom. The molecule has 2 aromatic carbocycles. The lowest BCUT2D eigenvalue weighted by Crippen LogP contribution is -2.26. The summed E-state index contributed by atoms with van der Waals surface area (Å²) in [6.07, 6.45) is 0.383. The van der Waals surface area contributed by atoms with Gasteiger partial charge in [-0.3, -0.25) is 9.59 Å². The van der Waals surface area contributed by atoms with Gasteiger partial charge in [-0.15, -0.1) is 0 Å². The van der Waals surface area contributed by atoms with E-state index in [0.717, 1.165) is 11.3 Å². The number of Topliss-reactive ketones (excluding diaryl/α,β-unsaturated/α-hetero) is 1. The summed E-state index contributed by atoms with van der Waals surface area (Å²) in [5.74, 6) is 0.628. The van der Waals surface area contributed by atoms with Crippen LogP contribution in [0.15, 0.2) is 48.5 Å². The Morgan fingerprint density at radius 2 is 1.64 bits per heavy atom. The van der Waals surface area contributed by atoms with Crippen molar-refractivity contribution in [2.24, 2.45) is 0 Å². The summed E-state index contributed by atoms with van der Waals surface area (Å²) in [5, 5.41) is 0.665. The molecule has 0 aliphatic carbocycles. The molecule has 2 rings (SSSR count). The third-order valence-corrected chi connectivity index (χ3v) is 4.06. The Morgan fingerprint density at radius 3 is 2.24 bits per heavy atom. The maximum atomic E-state index is 12.2. The normalized spacial score (nSPS) is 10.4. The van der Waals surface area contributed by atoms with E-state index in [2.05, 4.69) is 0 Å². The van der Waals surface area contributed by atoms with E-state index in [9.17, 15) is 9.59 Å². The molecule has 25 heavy (non-hydrogen) atoms. The van der Waals surface area contributed by atoms with Crippen molar-refractivity contribution >= 4 is 23.3 Å². The molecule has 0 aliphatic heterocycles. The van der Waals surface area contributed by atoms with Crippen LogP contribution in [0.25, 0.3) is 0 Å². The first kappa shape index (κ1) is 19.0. The molecule has 2 aromatic rings. The van der Waals surface area contributed by atoms with Gasteiger partial charge in [0.25, 0.3) is 0 Å². The first-order valence-corrected chi connectivity index (χ1v) is 8.62. The Bertz CT molecular complexity index is 711. The average molecular weight is 360 g/mol. The van der Waals surface area contributed by atoms with Crippen LogP contribution in [0.1, 0.15) is 35.7 Å². The number of hydrogen-bond acceptors (Lipinski definition) is 3. The number of benzene rings is 2. The van der Waals surface area contributed by atoms with Crippen molar-refractivity contribution in [3.05, 3.63) is 64.7 Å². The first-order valence-electron chi connectivity index (χ1n) is 8.24. The minimum Gasteiger partial charge on any atom is -0.494 e. The third kappa shape index (κ3) is 5.91. The molecule has 0 aliphatic rings. The number of halogens is 1. The summed E-state index contributed by atoms with van der Waals surface area (Å²) in [6, 6.07) is 14.4. The fourth-order valence-corrected chi connectivity index (χ4v) is 2.54. The van der Waals surface area contributed by atoms with Crippen molar-refractivity contribution < 1.29 is 14.3 Å². The Hall–Kier alpha value is -2.33. The summed E-state index contributed by atoms with van der Waals surface area (Å²) in [5.41, 5.74) is 1.59. The molecule has 0 heterocycles. The lowest BCUT2D eigenvalue weighted by atomic mass is 10.1. The molecule has 0 atom stereocenters. The number of amides is 1. The molecule has 5 heteroatoms. The van der Waals surface area contributed by atoms with Gasteiger partial charge in [0, 0.05) is 37.0 Å². The summed E-state index contributed by atoms with van der Waals surface area (Å²) in [4.78, 5) is 26.0. The highest BCUT2D eigenvalue weighted by molar-refractivity contribution is 6.30. The van der Waals surface area contributed by atoms with Crippen LogP contribution in [-0.2, 0) is 11.3 Å². The molecule has 1 amide bonds. The minimum atomic E-state index is -0.0609. The van der Waals surface area contributed by atoms with E-state index in [1.54, 1.807) is 48.3 Å². The van der Waals surface area contributed by atoms with Crippen LogP contribution >= 0.6 is 11.6 Å². The van der Waals surface area contributed by atoms with Gasteiger partial charge in [-0.05, 0) is 48.9 Å². The summed E-state index contributed by atoms with van der Waals surface area (Å²) in [6.45, 7) is 2.99. The summed E-state index contributed by atoms with van der Waals surface area (Å²) < 4.78 is 5.35. The van der Waals surface area contributed by atoms with E-state index in [0.29, 0.717) is 23.7 Å². The van der Waals surface area contributed by atoms with E-state index in [1.807, 2.05) is 19.1 Å². The molecular weight excluding hydrogens is 338 g/mol. The number of hydrogen-bond donors (Lipinski definition) is 0. The number of ketones is 1. The fraction of sp³-hybridized carbons (Fsp3) is 0.300. The quantitative estimate of drug-likeness (QED) is 0.658. The van der Waals surface area contributed by atoms with E-state index in [-0.39, 0.29) is 24.5 Å². The van der Waals surface area contributed by atoms with Crippen LogP contribution in [-0.4, -0.2) is 30.2 Å². The summed E-state index contributed by atoms with van der Waals surface area (Å²) >= 11 is 5.85. The highest BCUT2D eigenvalue weighted by Crippen LogP contribution is 2.15. The predicted octanol–water partition coefficient (Wildman–Crippen LogP) is 4.36. The molecule has 132 valence electrons. The van der Waals surface area contributed by atoms with Crippen molar-refractivity contribution in [2.45, 2.75) is 26.3 Å². The van der Waals surface area contributed by atoms with E-state index >= 15 is 0 Å². The van der Waals surface area contributed by atoms with Crippen LogP contribution in [0.5, 0.6) is 5.75 Å². The van der Waals surface area contributed by atoms with E-state index in [1.165, 1.54) is 0 Å². The third-order valence-electron chi connectivity index (χ3n) is 3.81. The number of nitrogens with zero attached hydrogens (tertiary/aromatic N) is 1. The molecule has 0 bridgehead atoms. The molecule has 0 aromatic heterocycles. The maximum Gasteiger partial charge on any atom is 0.223 e. The number of rotatable bonds is 8. The monoisotopic (exact) mass is 359 g/mol. The smallest absolute Gasteiger partial charge is 0.223 e. The van der Waals surface area contributed by atoms with Gasteiger partial charge in [0.05, 0.1) is 6.61 Å². The van der Waals surface area contributed by atoms with Crippen molar-refractivity contribution in [1.29, 1.82) is 0 Å². The van der Waals surface area contributed by atoms with Crippen LogP contribution in [0, 0.1) is 0 Å². The van der Waals surface area contributed by atoms with Crippen molar-refractivity contribution in [2.75, 3.05) is 13.7 Å². The molecule has 0 saturated heterocycles. The molecule has 0 spiro atoms. The van der Waals surface area contributed by atoms with Gasteiger partial charge in [-0.2, -0.15) is 0 Å². The van der Waals surface area contributed by atoms with Crippen LogP contribution in [0.3, 0.4) is 0 Å². The fourth-order valence-electron chi connectivity index (χ4n) is 2.41. The van der Waals surface area contributed by atoms with Gasteiger partial charge in [0.15, 0.2) is 5.78 Å². The Labute approximate surface area is 153 Å². The second kappa shape index (κ2) is 9.23. The largest absolute Gasteiger partial charge is 0.494 e. The van der Waals surface area contributed by atoms with Crippen LogP contribution in [0.2, 0.25) is 5.02 Å². The molecule has 0 fully saturated rings. The Balaban J connectivity index is 1.83. The number of ether oxygens (including phenoxy) is 1. The second-order valence-corrected chi connectivity index (χ2v) is 6.19. The standard InChI is InChI=1S/C20H22ClNO3/c1-3-25-18-10-6-16(7-11-18)19(23)12-13-20(24)22(2)14-15-4-8-17(21)9-5-15/h4-11H,3,12-14H2,1-2H3. The SMILES string of the molecule is CCOc1ccc(C(=O)CCC(=O)N(C)Cc2ccc(Cl)cc2)cc1. The van der Waals surface area contributed by atoms with Crippen molar-refractivity contribution in [3.8, 4) is 5.75 Å². The molecule has 0 unspecified atom stereocenters. The average Bonchev–Trinajstić information content (AvgIpc) is 2.62. The molecule has 0 radical (unpaired) electrons. The molecular formula is C20H22ClNO3. The van der Waals surface area contributed by atoms with Gasteiger partial charge in [0.1, 0.15) is 5.75 Å². The van der Waals surface area contributed by atoms with Crippen LogP contribution < -0.4 is 4.74 Å². The van der Waals surface area contributed by atoms with Gasteiger partial charge in [0.2, 0.25) is 5.91 Å². The second-order valence-electron chi connectivity index (χ2n) is 5.76. The van der Waals surface area contributed by atoms with Gasteiger partial charge < -0.3 is 9.64 Å². The van der Waals surface area contributed by atoms with Crippen LogP contribution in [0.4, 0.5) is 0 Å². The lowest BCUT2D eigenvalue weighted by molar-refractivity contribution is -0.130. The summed E-state index contributed by atoms with van der Waals surface area (Å²) in [7, 11) is 1.73. The lowest BCUT2D eigenvalue weighted by Gasteiger charge is -2.17. The molecule has 0 N–H and O–H groups in total. The number of carbonyl (C=O) groups excluding carboxylic acids is 2. The number of carbonyl (C=O) groups is 2. The highest BCUT2D eigenvalue weighted by atomic mass is 35.5. The first-order chi connectivity index (χ1) is 12.0. The van der Waals surface area contributed by atoms with Crippen molar-refractivity contribution in [1.82, 2.24) is 4.90 Å². The molecule has 4 nitrogen and oxygen atoms in total. The highest BCUT2D eigenvalue weighted by Gasteiger charge is 2.13.